The Morgan fingerprint density at radius 1 is 0.500 bits per heavy atom. The maximum Gasteiger partial charge on any atom is 3.00 e. The minimum absolute atomic E-state index is 0. The van der Waals surface area contributed by atoms with Gasteiger partial charge in [0.1, 0.15) is 11.4 Å². The molecule has 210 valence electrons. The van der Waals surface area contributed by atoms with Gasteiger partial charge in [0.15, 0.2) is 0 Å². The fourth-order valence-corrected chi connectivity index (χ4v) is 6.76. The Labute approximate surface area is 268 Å². The van der Waals surface area contributed by atoms with E-state index >= 15 is 0 Å². The van der Waals surface area contributed by atoms with Crippen LogP contribution >= 0.6 is 7.92 Å². The van der Waals surface area contributed by atoms with E-state index in [0.29, 0.717) is 17.1 Å². The number of carbonyl (C=O) groups excluding carboxylic acids is 2. The summed E-state index contributed by atoms with van der Waals surface area (Å²) < 4.78 is 0. The van der Waals surface area contributed by atoms with Gasteiger partial charge in [-0.2, -0.15) is 0 Å². The monoisotopic (exact) mass is 701 g/mol. The maximum absolute atomic E-state index is 12.4. The van der Waals surface area contributed by atoms with Gasteiger partial charge in [0.2, 0.25) is 11.6 Å². The molecule has 4 aliphatic rings. The Bertz CT molecular complexity index is 1250. The van der Waals surface area contributed by atoms with Crippen molar-refractivity contribution in [3.8, 4) is 0 Å². The second kappa shape index (κ2) is 15.2. The molecule has 0 N–H and O–H groups in total. The van der Waals surface area contributed by atoms with Crippen LogP contribution in [0.25, 0.3) is 0 Å². The number of benzene rings is 3. The summed E-state index contributed by atoms with van der Waals surface area (Å²) in [7, 11) is -0.446. The molecule has 3 aromatic carbocycles. The molecule has 10 heteroatoms. The van der Waals surface area contributed by atoms with Gasteiger partial charge < -0.3 is 51.9 Å². The maximum atomic E-state index is 12.4. The van der Waals surface area contributed by atoms with Crippen LogP contribution in [0, 0.1) is 0 Å². The third kappa shape index (κ3) is 7.75. The first-order valence-corrected chi connectivity index (χ1v) is 13.8. The van der Waals surface area contributed by atoms with Crippen molar-refractivity contribution in [2.45, 2.75) is 0 Å². The number of ketones is 2. The zero-order chi connectivity index (χ0) is 24.5. The van der Waals surface area contributed by atoms with Crippen molar-refractivity contribution in [2.24, 2.45) is 0 Å². The minimum Gasteiger partial charge on any atom is -1.00 e. The first-order valence-electron chi connectivity index (χ1n) is 12.5. The van der Waals surface area contributed by atoms with Gasteiger partial charge in [0, 0.05) is 45.3 Å². The van der Waals surface area contributed by atoms with Crippen LogP contribution in [0.3, 0.4) is 0 Å². The fourth-order valence-electron chi connectivity index (χ4n) is 4.45. The predicted molar refractivity (Wildman–Crippen MR) is 145 cm³/mol. The molecule has 3 saturated heterocycles. The molecule has 0 bridgehead atoms. The normalized spacial score (nSPS) is 16.3. The summed E-state index contributed by atoms with van der Waals surface area (Å²) in [6, 6.07) is 32.3. The number of carbonyl (C=O) groups is 2. The summed E-state index contributed by atoms with van der Waals surface area (Å²) in [5.74, 6) is 0.0485. The first-order chi connectivity index (χ1) is 17.7. The molecular weight excluding hydrogens is 675 g/mol. The van der Waals surface area contributed by atoms with Gasteiger partial charge in [-0.05, 0) is 23.8 Å². The number of hydrogen-bond acceptors (Lipinski definition) is 5. The number of allylic oxidation sites excluding steroid dienone is 1. The summed E-state index contributed by atoms with van der Waals surface area (Å²) in [6.45, 7) is 5.41. The third-order valence-electron chi connectivity index (χ3n) is 6.53. The average Bonchev–Trinajstić information content (AvgIpc) is 3.77. The van der Waals surface area contributed by atoms with Gasteiger partial charge in [-0.15, -0.1) is 0 Å². The van der Waals surface area contributed by atoms with Crippen molar-refractivity contribution < 1.29 is 66.3 Å². The molecular formula is C30H28Cl3N3O2PRh. The Kier molecular flexibility index (Phi) is 12.9. The van der Waals surface area contributed by atoms with Crippen molar-refractivity contribution in [1.82, 2.24) is 14.7 Å². The smallest absolute Gasteiger partial charge is 1.00 e. The average molecular weight is 703 g/mol. The van der Waals surface area contributed by atoms with E-state index in [-0.39, 0.29) is 68.3 Å². The molecule has 0 amide bonds. The van der Waals surface area contributed by atoms with Gasteiger partial charge in [-0.25, -0.2) is 0 Å². The first kappa shape index (κ1) is 34.0. The zero-order valence-corrected chi connectivity index (χ0v) is 26.4. The van der Waals surface area contributed by atoms with Crippen LogP contribution in [0.2, 0.25) is 0 Å². The van der Waals surface area contributed by atoms with E-state index in [4.69, 9.17) is 0 Å². The van der Waals surface area contributed by atoms with Crippen LogP contribution in [0.15, 0.2) is 114 Å². The van der Waals surface area contributed by atoms with Crippen LogP contribution in [0.1, 0.15) is 0 Å². The van der Waals surface area contributed by atoms with Gasteiger partial charge in [-0.3, -0.25) is 9.59 Å². The summed E-state index contributed by atoms with van der Waals surface area (Å²) in [4.78, 5) is 30.5. The molecule has 0 saturated carbocycles. The number of hydrogen-bond donors (Lipinski definition) is 0. The van der Waals surface area contributed by atoms with Crippen LogP contribution < -0.4 is 53.1 Å². The quantitative estimate of drug-likeness (QED) is 0.111. The molecule has 0 unspecified atom stereocenters. The molecule has 1 aliphatic carbocycles. The Balaban J connectivity index is 0.000000256. The largest absolute Gasteiger partial charge is 3.00 e. The van der Waals surface area contributed by atoms with E-state index in [1.807, 2.05) is 14.7 Å². The molecule has 3 aliphatic heterocycles. The molecule has 3 heterocycles. The molecule has 0 aromatic heterocycles. The van der Waals surface area contributed by atoms with Crippen molar-refractivity contribution in [1.29, 1.82) is 0 Å². The number of rotatable bonds is 6. The van der Waals surface area contributed by atoms with E-state index in [1.165, 1.54) is 22.0 Å². The molecule has 7 rings (SSSR count). The Morgan fingerprint density at radius 3 is 1.20 bits per heavy atom. The van der Waals surface area contributed by atoms with E-state index in [0.717, 1.165) is 39.3 Å². The second-order valence-corrected chi connectivity index (χ2v) is 11.4. The SMILES string of the molecule is O=C1C=C(N2CC2)C(=O)C(N2CC2)=C1N1CC1.[Cl-].[Cl-].[Cl-].[Rh+3].c1ccc(P(c2ccccc2)c2ccccc2)cc1. The van der Waals surface area contributed by atoms with Crippen LogP contribution in [0.5, 0.6) is 0 Å². The molecule has 5 nitrogen and oxygen atoms in total. The topological polar surface area (TPSA) is 43.2 Å². The summed E-state index contributed by atoms with van der Waals surface area (Å²) >= 11 is 0. The van der Waals surface area contributed by atoms with Crippen molar-refractivity contribution in [2.75, 3.05) is 39.3 Å². The van der Waals surface area contributed by atoms with E-state index in [2.05, 4.69) is 91.0 Å². The van der Waals surface area contributed by atoms with Crippen molar-refractivity contribution in [3.63, 3.8) is 0 Å². The molecule has 0 atom stereocenters. The molecule has 0 radical (unpaired) electrons. The van der Waals surface area contributed by atoms with Gasteiger partial charge in [-0.1, -0.05) is 91.0 Å². The van der Waals surface area contributed by atoms with Crippen molar-refractivity contribution in [3.05, 3.63) is 114 Å². The Morgan fingerprint density at radius 2 is 0.850 bits per heavy atom. The van der Waals surface area contributed by atoms with E-state index < -0.39 is 7.92 Å². The molecule has 3 fully saturated rings. The number of halogens is 3. The van der Waals surface area contributed by atoms with Gasteiger partial charge in [0.05, 0.1) is 5.70 Å². The van der Waals surface area contributed by atoms with Crippen LogP contribution in [-0.4, -0.2) is 65.5 Å². The summed E-state index contributed by atoms with van der Waals surface area (Å²) in [5, 5.41) is 4.19. The molecule has 0 spiro atoms. The second-order valence-electron chi connectivity index (χ2n) is 9.22. The number of nitrogens with zero attached hydrogens (tertiary/aromatic N) is 3. The van der Waals surface area contributed by atoms with Gasteiger partial charge in [0.25, 0.3) is 0 Å². The fraction of sp³-hybridized carbons (Fsp3) is 0.200. The molecule has 40 heavy (non-hydrogen) atoms. The van der Waals surface area contributed by atoms with Gasteiger partial charge >= 0.3 is 19.5 Å². The van der Waals surface area contributed by atoms with Crippen molar-refractivity contribution >= 4 is 35.4 Å². The number of Topliss-reactive ketones (excluding diaryl/α,β-unsaturated/α-hetero) is 1. The standard InChI is InChI=1S/C18H15P.C12H13N3O2.3ClH.Rh/c1-4-10-16(11-5-1)19(17-12-6-2-7-13-17)18-14-8-3-9-15-18;16-9-7-8(13-1-2-13)12(17)11(15-5-6-15)10(9)14-3-4-14;;;;/h1-15H;7H,1-6H2;3*1H;/q;;;;;+3/p-3. The third-order valence-corrected chi connectivity index (χ3v) is 8.97. The van der Waals surface area contributed by atoms with E-state index in [1.54, 1.807) is 0 Å². The zero-order valence-electron chi connectivity index (χ0n) is 21.6. The van der Waals surface area contributed by atoms with Crippen LogP contribution in [0.4, 0.5) is 0 Å². The summed E-state index contributed by atoms with van der Waals surface area (Å²) in [6.07, 6.45) is 1.52. The predicted octanol–water partition coefficient (Wildman–Crippen LogP) is -6.37. The minimum atomic E-state index is -0.446. The summed E-state index contributed by atoms with van der Waals surface area (Å²) in [5.41, 5.74) is 1.89. The van der Waals surface area contributed by atoms with Crippen LogP contribution in [-0.2, 0) is 29.1 Å². The Hall–Kier alpha value is -2.20. The molecule has 3 aromatic rings. The van der Waals surface area contributed by atoms with E-state index in [9.17, 15) is 9.59 Å².